The first-order valence-electron chi connectivity index (χ1n) is 7.32. The lowest BCUT2D eigenvalue weighted by Gasteiger charge is -2.17. The van der Waals surface area contributed by atoms with Gasteiger partial charge in [-0.25, -0.2) is 13.1 Å². The highest BCUT2D eigenvalue weighted by molar-refractivity contribution is 7.89. The van der Waals surface area contributed by atoms with Gasteiger partial charge in [-0.1, -0.05) is 32.8 Å². The number of anilines is 1. The summed E-state index contributed by atoms with van der Waals surface area (Å²) in [6, 6.07) is 5.10. The van der Waals surface area contributed by atoms with E-state index in [4.69, 9.17) is 5.73 Å². The average Bonchev–Trinajstić information content (AvgIpc) is 2.82. The number of hydrogen-bond donors (Lipinski definition) is 2. The lowest BCUT2D eigenvalue weighted by Crippen LogP contribution is -2.31. The van der Waals surface area contributed by atoms with Crippen LogP contribution in [0.1, 0.15) is 38.7 Å². The van der Waals surface area contributed by atoms with E-state index in [9.17, 15) is 8.42 Å². The van der Waals surface area contributed by atoms with E-state index in [1.807, 2.05) is 6.92 Å². The number of nitrogens with one attached hydrogen (secondary N) is 1. The van der Waals surface area contributed by atoms with Gasteiger partial charge in [0.05, 0.1) is 4.90 Å². The quantitative estimate of drug-likeness (QED) is 0.820. The van der Waals surface area contributed by atoms with Crippen molar-refractivity contribution in [2.24, 2.45) is 11.8 Å². The van der Waals surface area contributed by atoms with Gasteiger partial charge in [0.25, 0.3) is 0 Å². The Morgan fingerprint density at radius 1 is 1.35 bits per heavy atom. The van der Waals surface area contributed by atoms with Crippen LogP contribution >= 0.6 is 0 Å². The van der Waals surface area contributed by atoms with Crippen molar-refractivity contribution in [3.05, 3.63) is 23.8 Å². The third-order valence-corrected chi connectivity index (χ3v) is 5.84. The van der Waals surface area contributed by atoms with Crippen molar-refractivity contribution in [1.29, 1.82) is 0 Å². The highest BCUT2D eigenvalue weighted by atomic mass is 32.2. The molecule has 0 amide bonds. The molecule has 4 nitrogen and oxygen atoms in total. The first-order valence-corrected chi connectivity index (χ1v) is 8.80. The molecule has 1 aliphatic carbocycles. The Bertz CT molecular complexity index is 569. The molecule has 0 spiro atoms. The molecule has 5 heteroatoms. The third-order valence-electron chi connectivity index (χ3n) is 4.34. The zero-order chi connectivity index (χ0) is 14.8. The maximum absolute atomic E-state index is 12.5. The molecular formula is C15H24N2O2S. The molecule has 0 heterocycles. The van der Waals surface area contributed by atoms with E-state index in [1.165, 1.54) is 12.8 Å². The number of sulfonamides is 1. The summed E-state index contributed by atoms with van der Waals surface area (Å²) in [5.41, 5.74) is 7.02. The molecule has 112 valence electrons. The predicted molar refractivity (Wildman–Crippen MR) is 81.9 cm³/mol. The van der Waals surface area contributed by atoms with E-state index >= 15 is 0 Å². The van der Waals surface area contributed by atoms with Gasteiger partial charge < -0.3 is 5.73 Å². The van der Waals surface area contributed by atoms with Gasteiger partial charge in [-0.2, -0.15) is 0 Å². The second kappa shape index (κ2) is 6.14. The third kappa shape index (κ3) is 3.33. The van der Waals surface area contributed by atoms with Crippen LogP contribution in [-0.2, 0) is 16.4 Å². The van der Waals surface area contributed by atoms with Crippen LogP contribution in [0.25, 0.3) is 0 Å². The zero-order valence-electron chi connectivity index (χ0n) is 12.2. The Kier molecular flexibility index (Phi) is 4.70. The Balaban J connectivity index is 2.15. The summed E-state index contributed by atoms with van der Waals surface area (Å²) in [6.45, 7) is 4.68. The first-order chi connectivity index (χ1) is 9.44. The molecule has 0 saturated heterocycles. The highest BCUT2D eigenvalue weighted by Crippen LogP contribution is 2.31. The SMILES string of the molecule is CCc1ccc(N)cc1S(=O)(=O)NCC1CCCC1C. The first kappa shape index (κ1) is 15.3. The van der Waals surface area contributed by atoms with Gasteiger partial charge in [-0.3, -0.25) is 0 Å². The number of aryl methyl sites for hydroxylation is 1. The van der Waals surface area contributed by atoms with Crippen molar-refractivity contribution >= 4 is 15.7 Å². The topological polar surface area (TPSA) is 72.2 Å². The zero-order valence-corrected chi connectivity index (χ0v) is 13.0. The Morgan fingerprint density at radius 2 is 2.10 bits per heavy atom. The summed E-state index contributed by atoms with van der Waals surface area (Å²) in [7, 11) is -3.47. The number of nitrogen functional groups attached to an aromatic ring is 1. The maximum Gasteiger partial charge on any atom is 0.240 e. The maximum atomic E-state index is 12.5. The molecule has 0 aliphatic heterocycles. The molecule has 2 atom stereocenters. The molecular weight excluding hydrogens is 272 g/mol. The lowest BCUT2D eigenvalue weighted by atomic mass is 9.99. The van der Waals surface area contributed by atoms with E-state index in [1.54, 1.807) is 18.2 Å². The number of rotatable bonds is 5. The molecule has 3 N–H and O–H groups in total. The van der Waals surface area contributed by atoms with Gasteiger partial charge in [0.1, 0.15) is 0 Å². The molecule has 0 radical (unpaired) electrons. The van der Waals surface area contributed by atoms with E-state index in [0.717, 1.165) is 12.0 Å². The molecule has 2 unspecified atom stereocenters. The Hall–Kier alpha value is -1.07. The van der Waals surface area contributed by atoms with Crippen LogP contribution in [0, 0.1) is 11.8 Å². The van der Waals surface area contributed by atoms with Crippen LogP contribution in [0.2, 0.25) is 0 Å². The van der Waals surface area contributed by atoms with Gasteiger partial charge in [0.15, 0.2) is 0 Å². The lowest BCUT2D eigenvalue weighted by molar-refractivity contribution is 0.414. The largest absolute Gasteiger partial charge is 0.399 e. The number of benzene rings is 1. The van der Waals surface area contributed by atoms with Crippen molar-refractivity contribution in [1.82, 2.24) is 4.72 Å². The monoisotopic (exact) mass is 296 g/mol. The van der Waals surface area contributed by atoms with Crippen LogP contribution in [0.5, 0.6) is 0 Å². The molecule has 1 aromatic carbocycles. The van der Waals surface area contributed by atoms with Crippen LogP contribution in [0.4, 0.5) is 5.69 Å². The van der Waals surface area contributed by atoms with Gasteiger partial charge in [0, 0.05) is 12.2 Å². The molecule has 1 aliphatic rings. The van der Waals surface area contributed by atoms with Crippen LogP contribution in [0.3, 0.4) is 0 Å². The van der Waals surface area contributed by atoms with Gasteiger partial charge in [-0.05, 0) is 42.4 Å². The predicted octanol–water partition coefficient (Wildman–Crippen LogP) is 2.55. The fourth-order valence-corrected chi connectivity index (χ4v) is 4.37. The summed E-state index contributed by atoms with van der Waals surface area (Å²) in [4.78, 5) is 0.325. The fraction of sp³-hybridized carbons (Fsp3) is 0.600. The molecule has 1 fully saturated rings. The van der Waals surface area contributed by atoms with Crippen molar-refractivity contribution in [2.75, 3.05) is 12.3 Å². The Labute approximate surface area is 121 Å². The average molecular weight is 296 g/mol. The summed E-state index contributed by atoms with van der Waals surface area (Å²) >= 11 is 0. The van der Waals surface area contributed by atoms with Gasteiger partial charge in [0.2, 0.25) is 10.0 Å². The summed E-state index contributed by atoms with van der Waals surface area (Å²) in [6.07, 6.45) is 4.19. The van der Waals surface area contributed by atoms with Gasteiger partial charge in [-0.15, -0.1) is 0 Å². The van der Waals surface area contributed by atoms with Crippen LogP contribution in [0.15, 0.2) is 23.1 Å². The van der Waals surface area contributed by atoms with E-state index in [-0.39, 0.29) is 0 Å². The molecule has 20 heavy (non-hydrogen) atoms. The van der Waals surface area contributed by atoms with E-state index in [2.05, 4.69) is 11.6 Å². The summed E-state index contributed by atoms with van der Waals surface area (Å²) < 4.78 is 27.7. The molecule has 0 aromatic heterocycles. The highest BCUT2D eigenvalue weighted by Gasteiger charge is 2.26. The van der Waals surface area contributed by atoms with Crippen molar-refractivity contribution in [2.45, 2.75) is 44.4 Å². The van der Waals surface area contributed by atoms with E-state index in [0.29, 0.717) is 35.4 Å². The summed E-state index contributed by atoms with van der Waals surface area (Å²) in [5.74, 6) is 1.06. The minimum Gasteiger partial charge on any atom is -0.399 e. The van der Waals surface area contributed by atoms with Crippen LogP contribution in [-0.4, -0.2) is 15.0 Å². The molecule has 1 saturated carbocycles. The van der Waals surface area contributed by atoms with Crippen molar-refractivity contribution in [3.63, 3.8) is 0 Å². The second-order valence-electron chi connectivity index (χ2n) is 5.74. The molecule has 2 rings (SSSR count). The molecule has 0 bridgehead atoms. The number of nitrogens with two attached hydrogens (primary N) is 1. The number of hydrogen-bond acceptors (Lipinski definition) is 3. The summed E-state index contributed by atoms with van der Waals surface area (Å²) in [5, 5.41) is 0. The fourth-order valence-electron chi connectivity index (χ4n) is 2.93. The van der Waals surface area contributed by atoms with E-state index < -0.39 is 10.0 Å². The van der Waals surface area contributed by atoms with Gasteiger partial charge >= 0.3 is 0 Å². The minimum absolute atomic E-state index is 0.325. The van der Waals surface area contributed by atoms with Crippen molar-refractivity contribution < 1.29 is 8.42 Å². The van der Waals surface area contributed by atoms with Crippen molar-refractivity contribution in [3.8, 4) is 0 Å². The molecule has 1 aromatic rings. The minimum atomic E-state index is -3.47. The Morgan fingerprint density at radius 3 is 2.70 bits per heavy atom. The normalized spacial score (nSPS) is 23.1. The second-order valence-corrected chi connectivity index (χ2v) is 7.48. The van der Waals surface area contributed by atoms with Crippen LogP contribution < -0.4 is 10.5 Å². The smallest absolute Gasteiger partial charge is 0.240 e. The standard InChI is InChI=1S/C15H24N2O2S/c1-3-12-7-8-14(16)9-15(12)20(18,19)17-10-13-6-4-5-11(13)2/h7-9,11,13,17H,3-6,10,16H2,1-2H3.